The Morgan fingerprint density at radius 2 is 1.67 bits per heavy atom. The van der Waals surface area contributed by atoms with Crippen LogP contribution >= 0.6 is 11.6 Å². The number of nitrogens with zero attached hydrogens (tertiary/aromatic N) is 4. The van der Waals surface area contributed by atoms with Crippen molar-refractivity contribution in [1.29, 1.82) is 0 Å². The Morgan fingerprint density at radius 3 is 2.33 bits per heavy atom. The molecule has 10 heteroatoms. The monoisotopic (exact) mass is 607 g/mol. The minimum Gasteiger partial charge on any atom is -0.362 e. The maximum Gasteiger partial charge on any atom is 0.253 e. The van der Waals surface area contributed by atoms with Crippen molar-refractivity contribution in [2.75, 3.05) is 43.9 Å². The van der Waals surface area contributed by atoms with Gasteiger partial charge < -0.3 is 20.9 Å². The molecule has 1 aromatic heterocycles. The van der Waals surface area contributed by atoms with Crippen LogP contribution in [-0.2, 0) is 4.79 Å². The van der Waals surface area contributed by atoms with Gasteiger partial charge in [0.05, 0.1) is 17.7 Å². The standard InChI is InChI=1S/C33H46ClN7O2/c1-32(2)22-18-25(29(42)35-4)33(3,27(32)19-22)39-28-26(34)20-36-31(38-28)37-23-12-10-21(11-13-23)30(43)41-16-14-40(15-17-41)24-8-6-5-7-9-24/h10-13,20,22,24-25,27H,5-9,14-19H2,1-4H3,(H,35,42)(H2,36,37,38,39)/t22-,25+,27+,33-/m0/s1. The Kier molecular flexibility index (Phi) is 8.33. The fourth-order valence-corrected chi connectivity index (χ4v) is 8.59. The molecule has 9 nitrogen and oxygen atoms in total. The van der Waals surface area contributed by atoms with E-state index >= 15 is 0 Å². The molecule has 2 bridgehead atoms. The van der Waals surface area contributed by atoms with E-state index in [0.717, 1.165) is 44.7 Å². The molecule has 4 atom stereocenters. The largest absolute Gasteiger partial charge is 0.362 e. The first kappa shape index (κ1) is 30.1. The third kappa shape index (κ3) is 5.70. The van der Waals surface area contributed by atoms with Gasteiger partial charge in [-0.25, -0.2) is 4.98 Å². The van der Waals surface area contributed by atoms with Gasteiger partial charge in [0, 0.05) is 50.5 Å². The predicted octanol–water partition coefficient (Wildman–Crippen LogP) is 5.56. The first-order valence-electron chi connectivity index (χ1n) is 16.0. The van der Waals surface area contributed by atoms with Gasteiger partial charge in [-0.2, -0.15) is 4.98 Å². The lowest BCUT2D eigenvalue weighted by molar-refractivity contribution is -0.155. The number of carbonyl (C=O) groups is 2. The van der Waals surface area contributed by atoms with Crippen LogP contribution in [0.1, 0.15) is 76.1 Å². The summed E-state index contributed by atoms with van der Waals surface area (Å²) in [4.78, 5) is 39.9. The highest BCUT2D eigenvalue weighted by Crippen LogP contribution is 2.65. The second kappa shape index (κ2) is 11.9. The zero-order valence-electron chi connectivity index (χ0n) is 26.0. The first-order valence-corrected chi connectivity index (χ1v) is 16.4. The van der Waals surface area contributed by atoms with Crippen molar-refractivity contribution >= 4 is 40.9 Å². The molecule has 4 saturated carbocycles. The summed E-state index contributed by atoms with van der Waals surface area (Å²) in [5.41, 5.74) is 1.09. The van der Waals surface area contributed by atoms with Crippen LogP contribution < -0.4 is 16.0 Å². The second-order valence-corrected chi connectivity index (χ2v) is 14.2. The van der Waals surface area contributed by atoms with Crippen LogP contribution in [0, 0.1) is 23.2 Å². The van der Waals surface area contributed by atoms with E-state index in [-0.39, 0.29) is 23.1 Å². The molecule has 5 aliphatic rings. The van der Waals surface area contributed by atoms with E-state index in [0.29, 0.717) is 40.2 Å². The molecule has 0 radical (unpaired) electrons. The van der Waals surface area contributed by atoms with Gasteiger partial charge in [0.15, 0.2) is 5.82 Å². The lowest BCUT2D eigenvalue weighted by Crippen LogP contribution is -2.69. The molecule has 1 saturated heterocycles. The average Bonchev–Trinajstić information content (AvgIpc) is 3.02. The van der Waals surface area contributed by atoms with Crippen LogP contribution in [0.2, 0.25) is 5.02 Å². The maximum atomic E-state index is 13.2. The molecule has 7 rings (SSSR count). The molecule has 0 unspecified atom stereocenters. The minimum atomic E-state index is -0.502. The van der Waals surface area contributed by atoms with Gasteiger partial charge in [-0.3, -0.25) is 14.5 Å². The van der Waals surface area contributed by atoms with Gasteiger partial charge in [0.1, 0.15) is 5.02 Å². The summed E-state index contributed by atoms with van der Waals surface area (Å²) >= 11 is 6.59. The molecule has 0 spiro atoms. The quantitative estimate of drug-likeness (QED) is 0.378. The molecule has 2 amide bonds. The molecule has 1 aromatic carbocycles. The third-order valence-electron chi connectivity index (χ3n) is 11.2. The molecule has 3 N–H and O–H groups in total. The first-order chi connectivity index (χ1) is 20.6. The van der Waals surface area contributed by atoms with Crippen LogP contribution in [0.25, 0.3) is 0 Å². The summed E-state index contributed by atoms with van der Waals surface area (Å²) in [6.07, 6.45) is 10.1. The summed E-state index contributed by atoms with van der Waals surface area (Å²) in [6, 6.07) is 8.19. The number of piperazine rings is 1. The lowest BCUT2D eigenvalue weighted by Gasteiger charge is -2.66. The smallest absolute Gasteiger partial charge is 0.253 e. The Balaban J connectivity index is 1.11. The fourth-order valence-electron chi connectivity index (χ4n) is 8.45. The molecular formula is C33H46ClN7O2. The van der Waals surface area contributed by atoms with Crippen LogP contribution in [-0.4, -0.2) is 76.4 Å². The van der Waals surface area contributed by atoms with E-state index in [1.165, 1.54) is 32.1 Å². The van der Waals surface area contributed by atoms with E-state index < -0.39 is 5.54 Å². The zero-order chi connectivity index (χ0) is 30.4. The third-order valence-corrected chi connectivity index (χ3v) is 11.5. The zero-order valence-corrected chi connectivity index (χ0v) is 26.7. The summed E-state index contributed by atoms with van der Waals surface area (Å²) < 4.78 is 0. The van der Waals surface area contributed by atoms with Crippen molar-refractivity contribution in [1.82, 2.24) is 25.1 Å². The Morgan fingerprint density at radius 1 is 0.977 bits per heavy atom. The van der Waals surface area contributed by atoms with Crippen LogP contribution in [0.4, 0.5) is 17.5 Å². The summed E-state index contributed by atoms with van der Waals surface area (Å²) in [6.45, 7) is 10.2. The summed E-state index contributed by atoms with van der Waals surface area (Å²) in [5.74, 6) is 1.69. The predicted molar refractivity (Wildman–Crippen MR) is 171 cm³/mol. The Bertz CT molecular complexity index is 1340. The highest BCUT2D eigenvalue weighted by molar-refractivity contribution is 6.32. The number of anilines is 3. The van der Waals surface area contributed by atoms with Crippen molar-refractivity contribution in [2.45, 2.75) is 77.3 Å². The number of nitrogens with one attached hydrogen (secondary N) is 3. The summed E-state index contributed by atoms with van der Waals surface area (Å²) in [5, 5.41) is 10.1. The Labute approximate surface area is 260 Å². The van der Waals surface area contributed by atoms with Crippen molar-refractivity contribution in [2.24, 2.45) is 23.2 Å². The van der Waals surface area contributed by atoms with Crippen molar-refractivity contribution in [3.63, 3.8) is 0 Å². The molecular weight excluding hydrogens is 562 g/mol. The molecule has 232 valence electrons. The van der Waals surface area contributed by atoms with E-state index in [9.17, 15) is 9.59 Å². The molecule has 43 heavy (non-hydrogen) atoms. The summed E-state index contributed by atoms with van der Waals surface area (Å²) in [7, 11) is 1.70. The number of benzene rings is 1. The van der Waals surface area contributed by atoms with E-state index in [2.05, 4.69) is 46.6 Å². The normalized spacial score (nSPS) is 29.0. The number of halogens is 1. The van der Waals surface area contributed by atoms with Crippen molar-refractivity contribution in [3.8, 4) is 0 Å². The number of carbonyl (C=O) groups excluding carboxylic acids is 2. The van der Waals surface area contributed by atoms with Gasteiger partial charge in [-0.15, -0.1) is 0 Å². The van der Waals surface area contributed by atoms with Crippen molar-refractivity contribution in [3.05, 3.63) is 41.0 Å². The fraction of sp³-hybridized carbons (Fsp3) is 0.636. The lowest BCUT2D eigenvalue weighted by atomic mass is 9.40. The molecule has 5 fully saturated rings. The number of hydrogen-bond donors (Lipinski definition) is 3. The SMILES string of the molecule is CNC(=O)[C@H]1C[C@H]2C[C@H](C2(C)C)[C@@]1(C)Nc1nc(Nc2ccc(C(=O)N3CCN(C4CCCCC4)CC3)cc2)ncc1Cl. The van der Waals surface area contributed by atoms with Crippen LogP contribution in [0.3, 0.4) is 0 Å². The Hall–Kier alpha value is -2.91. The van der Waals surface area contributed by atoms with E-state index in [1.807, 2.05) is 29.2 Å². The van der Waals surface area contributed by atoms with Gasteiger partial charge in [-0.1, -0.05) is 44.7 Å². The van der Waals surface area contributed by atoms with Gasteiger partial charge in [-0.05, 0) is 74.1 Å². The number of hydrogen-bond acceptors (Lipinski definition) is 7. The average molecular weight is 608 g/mol. The molecule has 2 aromatic rings. The van der Waals surface area contributed by atoms with Crippen LogP contribution in [0.15, 0.2) is 30.5 Å². The molecule has 4 aliphatic carbocycles. The highest BCUT2D eigenvalue weighted by atomic mass is 35.5. The van der Waals surface area contributed by atoms with Crippen molar-refractivity contribution < 1.29 is 9.59 Å². The second-order valence-electron chi connectivity index (χ2n) is 13.8. The number of fused-ring (bicyclic) bond motifs is 2. The number of rotatable bonds is 7. The maximum absolute atomic E-state index is 13.2. The molecule has 1 aliphatic heterocycles. The van der Waals surface area contributed by atoms with Gasteiger partial charge >= 0.3 is 0 Å². The molecule has 2 heterocycles. The number of aromatic nitrogens is 2. The highest BCUT2D eigenvalue weighted by Gasteiger charge is 2.64. The topological polar surface area (TPSA) is 102 Å². The van der Waals surface area contributed by atoms with E-state index in [4.69, 9.17) is 16.6 Å². The number of amides is 2. The van der Waals surface area contributed by atoms with Gasteiger partial charge in [0.2, 0.25) is 11.9 Å². The van der Waals surface area contributed by atoms with E-state index in [1.54, 1.807) is 13.2 Å². The van der Waals surface area contributed by atoms with Gasteiger partial charge in [0.25, 0.3) is 5.91 Å². The minimum absolute atomic E-state index is 0.0458. The van der Waals surface area contributed by atoms with Crippen LogP contribution in [0.5, 0.6) is 0 Å².